The zero-order chi connectivity index (χ0) is 13.3. The van der Waals surface area contributed by atoms with Gasteiger partial charge in [-0.25, -0.2) is 9.37 Å². The van der Waals surface area contributed by atoms with Crippen LogP contribution in [-0.4, -0.2) is 10.8 Å². The van der Waals surface area contributed by atoms with E-state index in [0.29, 0.717) is 10.5 Å². The topological polar surface area (TPSA) is 62.8 Å². The lowest BCUT2D eigenvalue weighted by molar-refractivity contribution is 0.594. The summed E-state index contributed by atoms with van der Waals surface area (Å²) in [6.07, 6.45) is 0. The second-order valence-corrected chi connectivity index (χ2v) is 6.45. The molecule has 2 rings (SSSR count). The fourth-order valence-electron chi connectivity index (χ4n) is 1.29. The maximum absolute atomic E-state index is 14.1. The first-order valence-corrected chi connectivity index (χ1v) is 7.40. The van der Waals surface area contributed by atoms with Gasteiger partial charge in [0.1, 0.15) is 5.84 Å². The Morgan fingerprint density at radius 1 is 1.56 bits per heavy atom. The number of rotatable bonds is 3. The number of nitrogens with two attached hydrogens (primary N) is 1. The molecule has 3 N–H and O–H groups in total. The number of nitrogen functional groups attached to an aromatic ring is 1. The largest absolute Gasteiger partial charge is 0.384 e. The quantitative estimate of drug-likeness (QED) is 0.657. The van der Waals surface area contributed by atoms with Crippen molar-refractivity contribution in [1.29, 1.82) is 5.41 Å². The maximum Gasteiger partial charge on any atom is 0.154 e. The van der Waals surface area contributed by atoms with Crippen LogP contribution in [0.5, 0.6) is 0 Å². The Morgan fingerprint density at radius 3 is 2.83 bits per heavy atom. The number of nitrogens with one attached hydrogen (secondary N) is 1. The van der Waals surface area contributed by atoms with Crippen LogP contribution < -0.4 is 5.73 Å². The third-order valence-electron chi connectivity index (χ3n) is 2.13. The molecule has 3 nitrogen and oxygen atoms in total. The van der Waals surface area contributed by atoms with Gasteiger partial charge in [0.2, 0.25) is 0 Å². The van der Waals surface area contributed by atoms with E-state index in [-0.39, 0.29) is 10.3 Å². The van der Waals surface area contributed by atoms with Crippen molar-refractivity contribution in [2.45, 2.75) is 16.2 Å². The molecular weight excluding hydrogens is 337 g/mol. The SMILES string of the molecule is Cc1csc(Sc2ccc(C(=N)N)c(Br)c2F)n1. The van der Waals surface area contributed by atoms with Gasteiger partial charge in [0.05, 0.1) is 9.37 Å². The van der Waals surface area contributed by atoms with Crippen molar-refractivity contribution in [2.24, 2.45) is 5.73 Å². The van der Waals surface area contributed by atoms with E-state index in [9.17, 15) is 4.39 Å². The van der Waals surface area contributed by atoms with E-state index in [1.54, 1.807) is 12.1 Å². The summed E-state index contributed by atoms with van der Waals surface area (Å²) in [5, 5.41) is 9.25. The smallest absolute Gasteiger partial charge is 0.154 e. The normalized spacial score (nSPS) is 10.6. The fourth-order valence-corrected chi connectivity index (χ4v) is 3.81. The first-order valence-electron chi connectivity index (χ1n) is 4.91. The summed E-state index contributed by atoms with van der Waals surface area (Å²) in [4.78, 5) is 4.73. The van der Waals surface area contributed by atoms with Crippen LogP contribution in [0.1, 0.15) is 11.3 Å². The van der Waals surface area contributed by atoms with Gasteiger partial charge in [0, 0.05) is 16.6 Å². The van der Waals surface area contributed by atoms with Crippen LogP contribution in [0, 0.1) is 18.2 Å². The molecule has 0 spiro atoms. The Labute approximate surface area is 120 Å². The monoisotopic (exact) mass is 345 g/mol. The van der Waals surface area contributed by atoms with Crippen LogP contribution in [-0.2, 0) is 0 Å². The van der Waals surface area contributed by atoms with Crippen LogP contribution >= 0.6 is 39.0 Å². The number of aryl methyl sites for hydroxylation is 1. The Balaban J connectivity index is 2.35. The van der Waals surface area contributed by atoms with Crippen LogP contribution in [0.25, 0.3) is 0 Å². The second-order valence-electron chi connectivity index (χ2n) is 3.51. The van der Waals surface area contributed by atoms with Gasteiger partial charge in [-0.1, -0.05) is 11.8 Å². The minimum Gasteiger partial charge on any atom is -0.384 e. The first-order chi connectivity index (χ1) is 8.49. The summed E-state index contributed by atoms with van der Waals surface area (Å²) >= 11 is 5.86. The highest BCUT2D eigenvalue weighted by Crippen LogP contribution is 2.35. The molecule has 0 saturated carbocycles. The number of halogens is 2. The molecular formula is C11H9BrFN3S2. The van der Waals surface area contributed by atoms with Gasteiger partial charge < -0.3 is 5.73 Å². The van der Waals surface area contributed by atoms with Crippen LogP contribution in [0.15, 0.2) is 31.2 Å². The Bertz CT molecular complexity index is 612. The number of thiazole rings is 1. The molecule has 0 aliphatic rings. The maximum atomic E-state index is 14.1. The average molecular weight is 346 g/mol. The summed E-state index contributed by atoms with van der Waals surface area (Å²) in [5.41, 5.74) is 6.63. The van der Waals surface area contributed by atoms with Gasteiger partial charge in [-0.3, -0.25) is 5.41 Å². The highest BCUT2D eigenvalue weighted by molar-refractivity contribution is 9.10. The fraction of sp³-hybridized carbons (Fsp3) is 0.0909. The lowest BCUT2D eigenvalue weighted by Gasteiger charge is -2.07. The molecule has 0 atom stereocenters. The van der Waals surface area contributed by atoms with E-state index in [2.05, 4.69) is 20.9 Å². The Kier molecular flexibility index (Phi) is 4.04. The molecule has 94 valence electrons. The van der Waals surface area contributed by atoms with Crippen molar-refractivity contribution in [3.63, 3.8) is 0 Å². The van der Waals surface area contributed by atoms with Crippen LogP contribution in [0.4, 0.5) is 4.39 Å². The molecule has 1 aromatic heterocycles. The average Bonchev–Trinajstić information content (AvgIpc) is 2.70. The lowest BCUT2D eigenvalue weighted by Crippen LogP contribution is -2.12. The standard InChI is InChI=1S/C11H9BrFN3S2/c1-5-4-17-11(16-5)18-7-3-2-6(10(14)15)8(12)9(7)13/h2-4H,1H3,(H3,14,15). The number of hydrogen-bond acceptors (Lipinski definition) is 4. The van der Waals surface area contributed by atoms with Crippen LogP contribution in [0.3, 0.4) is 0 Å². The van der Waals surface area contributed by atoms with Crippen molar-refractivity contribution in [3.05, 3.63) is 39.1 Å². The summed E-state index contributed by atoms with van der Waals surface area (Å²) in [7, 11) is 0. The van der Waals surface area contributed by atoms with Gasteiger partial charge in [-0.15, -0.1) is 11.3 Å². The summed E-state index contributed by atoms with van der Waals surface area (Å²) in [6, 6.07) is 3.23. The molecule has 0 unspecified atom stereocenters. The van der Waals surface area contributed by atoms with Crippen molar-refractivity contribution in [2.75, 3.05) is 0 Å². The molecule has 0 saturated heterocycles. The van der Waals surface area contributed by atoms with Crippen LogP contribution in [0.2, 0.25) is 0 Å². The van der Waals surface area contributed by atoms with Gasteiger partial charge in [-0.05, 0) is 35.0 Å². The predicted octanol–water partition coefficient (Wildman–Crippen LogP) is 3.79. The summed E-state index contributed by atoms with van der Waals surface area (Å²) in [6.45, 7) is 1.89. The van der Waals surface area contributed by atoms with E-state index in [1.165, 1.54) is 23.1 Å². The number of nitrogens with zero attached hydrogens (tertiary/aromatic N) is 1. The van der Waals surface area contributed by atoms with E-state index >= 15 is 0 Å². The molecule has 0 amide bonds. The van der Waals surface area contributed by atoms with Crippen molar-refractivity contribution < 1.29 is 4.39 Å². The minimum atomic E-state index is -0.416. The lowest BCUT2D eigenvalue weighted by atomic mass is 10.2. The molecule has 0 aliphatic carbocycles. The van der Waals surface area contributed by atoms with Gasteiger partial charge in [-0.2, -0.15) is 0 Å². The molecule has 1 aromatic carbocycles. The van der Waals surface area contributed by atoms with Gasteiger partial charge >= 0.3 is 0 Å². The predicted molar refractivity (Wildman–Crippen MR) is 76.1 cm³/mol. The molecule has 0 radical (unpaired) electrons. The minimum absolute atomic E-state index is 0.164. The zero-order valence-electron chi connectivity index (χ0n) is 9.33. The summed E-state index contributed by atoms with van der Waals surface area (Å²) in [5.74, 6) is -0.581. The number of amidine groups is 1. The Hall–Kier alpha value is -0.920. The Morgan fingerprint density at radius 2 is 2.28 bits per heavy atom. The first kappa shape index (κ1) is 13.5. The molecule has 7 heteroatoms. The second kappa shape index (κ2) is 5.38. The van der Waals surface area contributed by atoms with Crippen molar-refractivity contribution in [3.8, 4) is 0 Å². The number of aromatic nitrogens is 1. The molecule has 1 heterocycles. The van der Waals surface area contributed by atoms with Gasteiger partial charge in [0.15, 0.2) is 10.2 Å². The van der Waals surface area contributed by atoms with Crippen molar-refractivity contribution >= 4 is 44.9 Å². The van der Waals surface area contributed by atoms with E-state index in [4.69, 9.17) is 11.1 Å². The highest BCUT2D eigenvalue weighted by atomic mass is 79.9. The summed E-state index contributed by atoms with van der Waals surface area (Å²) < 4.78 is 15.1. The van der Waals surface area contributed by atoms with Crippen molar-refractivity contribution in [1.82, 2.24) is 4.98 Å². The third-order valence-corrected chi connectivity index (χ3v) is 5.00. The number of benzene rings is 1. The van der Waals surface area contributed by atoms with E-state index < -0.39 is 5.82 Å². The molecule has 18 heavy (non-hydrogen) atoms. The molecule has 0 aliphatic heterocycles. The van der Waals surface area contributed by atoms with E-state index in [0.717, 1.165) is 10.0 Å². The molecule has 2 aromatic rings. The molecule has 0 bridgehead atoms. The number of hydrogen-bond donors (Lipinski definition) is 2. The third kappa shape index (κ3) is 2.73. The van der Waals surface area contributed by atoms with Gasteiger partial charge in [0.25, 0.3) is 0 Å². The van der Waals surface area contributed by atoms with E-state index in [1.807, 2.05) is 12.3 Å². The molecule has 0 fully saturated rings. The zero-order valence-corrected chi connectivity index (χ0v) is 12.5. The highest BCUT2D eigenvalue weighted by Gasteiger charge is 2.14.